The summed E-state index contributed by atoms with van der Waals surface area (Å²) < 4.78 is 0.892. The lowest BCUT2D eigenvalue weighted by Gasteiger charge is -2.10. The van der Waals surface area contributed by atoms with Crippen LogP contribution in [-0.4, -0.2) is 10.8 Å². The Morgan fingerprint density at radius 1 is 1.08 bits per heavy atom. The minimum atomic E-state index is -0.542. The molecule has 3 aromatic rings. The summed E-state index contributed by atoms with van der Waals surface area (Å²) in [5.74, 6) is -0.338. The molecule has 1 amide bonds. The molecule has 3 aromatic carbocycles. The standard InChI is InChI=1S/C17H10BrClN2O3/c18-14-6-2-3-11-12(14)4-1-5-13(11)17(22)20-16-8-7-10(21(23)24)9-15(16)19/h1-9H,(H,20,22). The molecule has 5 nitrogen and oxygen atoms in total. The molecule has 0 atom stereocenters. The van der Waals surface area contributed by atoms with Crippen LogP contribution in [0.2, 0.25) is 5.02 Å². The molecule has 0 fully saturated rings. The number of anilines is 1. The van der Waals surface area contributed by atoms with Crippen molar-refractivity contribution >= 4 is 55.6 Å². The number of nitro benzene ring substituents is 1. The average molecular weight is 406 g/mol. The van der Waals surface area contributed by atoms with Gasteiger partial charge in [0.25, 0.3) is 11.6 Å². The number of amides is 1. The van der Waals surface area contributed by atoms with Crippen LogP contribution in [-0.2, 0) is 0 Å². The van der Waals surface area contributed by atoms with Crippen LogP contribution in [0.25, 0.3) is 10.8 Å². The highest BCUT2D eigenvalue weighted by Gasteiger charge is 2.15. The lowest BCUT2D eigenvalue weighted by molar-refractivity contribution is -0.384. The van der Waals surface area contributed by atoms with Gasteiger partial charge in [0, 0.05) is 22.2 Å². The normalized spacial score (nSPS) is 10.6. The number of nitrogens with one attached hydrogen (secondary N) is 1. The molecular formula is C17H10BrClN2O3. The van der Waals surface area contributed by atoms with Crippen molar-refractivity contribution in [3.05, 3.63) is 79.8 Å². The van der Waals surface area contributed by atoms with Crippen molar-refractivity contribution in [3.8, 4) is 0 Å². The SMILES string of the molecule is O=C(Nc1ccc([N+](=O)[O-])cc1Cl)c1cccc2c(Br)cccc12. The van der Waals surface area contributed by atoms with E-state index in [0.717, 1.165) is 15.2 Å². The summed E-state index contributed by atoms with van der Waals surface area (Å²) in [7, 11) is 0. The van der Waals surface area contributed by atoms with Gasteiger partial charge in [-0.15, -0.1) is 0 Å². The number of fused-ring (bicyclic) bond motifs is 1. The van der Waals surface area contributed by atoms with E-state index >= 15 is 0 Å². The number of hydrogen-bond acceptors (Lipinski definition) is 3. The van der Waals surface area contributed by atoms with Crippen LogP contribution in [0.3, 0.4) is 0 Å². The summed E-state index contributed by atoms with van der Waals surface area (Å²) in [5.41, 5.74) is 0.676. The Balaban J connectivity index is 1.97. The summed E-state index contributed by atoms with van der Waals surface area (Å²) in [6.07, 6.45) is 0. The molecule has 0 radical (unpaired) electrons. The zero-order valence-corrected chi connectivity index (χ0v) is 14.5. The molecule has 0 aliphatic heterocycles. The first-order chi connectivity index (χ1) is 11.5. The summed E-state index contributed by atoms with van der Waals surface area (Å²) in [5, 5.41) is 15.3. The Hall–Kier alpha value is -2.44. The number of nitrogens with zero attached hydrogens (tertiary/aromatic N) is 1. The number of benzene rings is 3. The monoisotopic (exact) mass is 404 g/mol. The lowest BCUT2D eigenvalue weighted by atomic mass is 10.0. The van der Waals surface area contributed by atoms with Gasteiger partial charge in [-0.3, -0.25) is 14.9 Å². The Labute approximate surface area is 150 Å². The van der Waals surface area contributed by atoms with E-state index in [1.54, 1.807) is 12.1 Å². The number of carbonyl (C=O) groups is 1. The van der Waals surface area contributed by atoms with Crippen LogP contribution in [0.5, 0.6) is 0 Å². The van der Waals surface area contributed by atoms with Gasteiger partial charge in [-0.1, -0.05) is 51.8 Å². The van der Waals surface area contributed by atoms with Gasteiger partial charge in [0.1, 0.15) is 0 Å². The fourth-order valence-electron chi connectivity index (χ4n) is 2.38. The first-order valence-electron chi connectivity index (χ1n) is 6.90. The molecule has 120 valence electrons. The lowest BCUT2D eigenvalue weighted by Crippen LogP contribution is -2.12. The third-order valence-electron chi connectivity index (χ3n) is 3.53. The number of rotatable bonds is 3. The zero-order chi connectivity index (χ0) is 17.3. The molecule has 0 bridgehead atoms. The highest BCUT2D eigenvalue weighted by Crippen LogP contribution is 2.29. The van der Waals surface area contributed by atoms with Crippen molar-refractivity contribution in [1.29, 1.82) is 0 Å². The third kappa shape index (κ3) is 3.11. The quantitative estimate of drug-likeness (QED) is 0.467. The topological polar surface area (TPSA) is 72.2 Å². The van der Waals surface area contributed by atoms with Gasteiger partial charge in [0.05, 0.1) is 15.6 Å². The number of halogens is 2. The predicted molar refractivity (Wildman–Crippen MR) is 97.7 cm³/mol. The maximum atomic E-state index is 12.6. The summed E-state index contributed by atoms with van der Waals surface area (Å²) >= 11 is 9.49. The van der Waals surface area contributed by atoms with E-state index in [2.05, 4.69) is 21.2 Å². The highest BCUT2D eigenvalue weighted by molar-refractivity contribution is 9.10. The summed E-state index contributed by atoms with van der Waals surface area (Å²) in [6, 6.07) is 14.9. The van der Waals surface area contributed by atoms with Crippen LogP contribution in [0.15, 0.2) is 59.1 Å². The van der Waals surface area contributed by atoms with Gasteiger partial charge in [0.15, 0.2) is 0 Å². The van der Waals surface area contributed by atoms with E-state index in [1.165, 1.54) is 18.2 Å². The molecule has 0 heterocycles. The largest absolute Gasteiger partial charge is 0.321 e. The number of hydrogen-bond donors (Lipinski definition) is 1. The Kier molecular flexibility index (Phi) is 4.51. The molecule has 7 heteroatoms. The first-order valence-corrected chi connectivity index (χ1v) is 8.07. The van der Waals surface area contributed by atoms with Crippen molar-refractivity contribution in [2.24, 2.45) is 0 Å². The minimum Gasteiger partial charge on any atom is -0.321 e. The number of carbonyl (C=O) groups excluding carboxylic acids is 1. The van der Waals surface area contributed by atoms with Gasteiger partial charge in [0.2, 0.25) is 0 Å². The van der Waals surface area contributed by atoms with Crippen LogP contribution < -0.4 is 5.32 Å². The molecule has 0 aliphatic carbocycles. The van der Waals surface area contributed by atoms with E-state index in [-0.39, 0.29) is 16.6 Å². The molecule has 1 N–H and O–H groups in total. The molecule has 24 heavy (non-hydrogen) atoms. The van der Waals surface area contributed by atoms with Crippen molar-refractivity contribution in [2.45, 2.75) is 0 Å². The second-order valence-electron chi connectivity index (χ2n) is 5.02. The Morgan fingerprint density at radius 3 is 2.50 bits per heavy atom. The molecule has 0 saturated heterocycles. The number of nitro groups is 1. The highest BCUT2D eigenvalue weighted by atomic mass is 79.9. The van der Waals surface area contributed by atoms with Crippen LogP contribution in [0.4, 0.5) is 11.4 Å². The Morgan fingerprint density at radius 2 is 1.79 bits per heavy atom. The van der Waals surface area contributed by atoms with Gasteiger partial charge in [-0.05, 0) is 29.0 Å². The van der Waals surface area contributed by atoms with Crippen molar-refractivity contribution in [3.63, 3.8) is 0 Å². The second kappa shape index (κ2) is 6.59. The van der Waals surface area contributed by atoms with Gasteiger partial charge in [-0.25, -0.2) is 0 Å². The molecule has 0 spiro atoms. The second-order valence-corrected chi connectivity index (χ2v) is 6.28. The van der Waals surface area contributed by atoms with Crippen LogP contribution in [0.1, 0.15) is 10.4 Å². The molecule has 0 aliphatic rings. The average Bonchev–Trinajstić information content (AvgIpc) is 2.56. The maximum Gasteiger partial charge on any atom is 0.271 e. The number of non-ortho nitro benzene ring substituents is 1. The van der Waals surface area contributed by atoms with E-state index in [4.69, 9.17) is 11.6 Å². The van der Waals surface area contributed by atoms with Crippen molar-refractivity contribution in [2.75, 3.05) is 5.32 Å². The molecule has 3 rings (SSSR count). The molecule has 0 saturated carbocycles. The zero-order valence-electron chi connectivity index (χ0n) is 12.1. The summed E-state index contributed by atoms with van der Waals surface area (Å²) in [4.78, 5) is 22.8. The predicted octanol–water partition coefficient (Wildman–Crippen LogP) is 5.42. The van der Waals surface area contributed by atoms with Gasteiger partial charge >= 0.3 is 0 Å². The van der Waals surface area contributed by atoms with Crippen molar-refractivity contribution < 1.29 is 9.72 Å². The van der Waals surface area contributed by atoms with E-state index in [0.29, 0.717) is 11.3 Å². The van der Waals surface area contributed by atoms with Crippen LogP contribution >= 0.6 is 27.5 Å². The van der Waals surface area contributed by atoms with Gasteiger partial charge in [-0.2, -0.15) is 0 Å². The van der Waals surface area contributed by atoms with E-state index in [9.17, 15) is 14.9 Å². The molecule has 0 unspecified atom stereocenters. The maximum absolute atomic E-state index is 12.6. The van der Waals surface area contributed by atoms with Gasteiger partial charge < -0.3 is 5.32 Å². The third-order valence-corrected chi connectivity index (χ3v) is 4.53. The smallest absolute Gasteiger partial charge is 0.271 e. The first kappa shape index (κ1) is 16.4. The fraction of sp³-hybridized carbons (Fsp3) is 0. The van der Waals surface area contributed by atoms with Crippen LogP contribution in [0, 0.1) is 10.1 Å². The van der Waals surface area contributed by atoms with E-state index < -0.39 is 4.92 Å². The Bertz CT molecular complexity index is 975. The fourth-order valence-corrected chi connectivity index (χ4v) is 3.10. The van der Waals surface area contributed by atoms with E-state index in [1.807, 2.05) is 24.3 Å². The summed E-state index contributed by atoms with van der Waals surface area (Å²) in [6.45, 7) is 0. The molecular weight excluding hydrogens is 396 g/mol. The van der Waals surface area contributed by atoms with Crippen molar-refractivity contribution in [1.82, 2.24) is 0 Å². The molecule has 0 aromatic heterocycles. The minimum absolute atomic E-state index is 0.110.